The molecule has 0 unspecified atom stereocenters. The fourth-order valence-electron chi connectivity index (χ4n) is 4.18. The maximum atomic E-state index is 12.4. The van der Waals surface area contributed by atoms with Gasteiger partial charge >= 0.3 is 5.97 Å². The highest BCUT2D eigenvalue weighted by Gasteiger charge is 2.51. The number of aliphatic hydroxyl groups is 1. The minimum absolute atomic E-state index is 0.0267. The van der Waals surface area contributed by atoms with Crippen molar-refractivity contribution in [2.45, 2.75) is 37.3 Å². The number of nitrogens with one attached hydrogen (secondary N) is 1. The fourth-order valence-corrected chi connectivity index (χ4v) is 4.18. The second-order valence-corrected chi connectivity index (χ2v) is 6.66. The van der Waals surface area contributed by atoms with E-state index in [9.17, 15) is 14.7 Å². The van der Waals surface area contributed by atoms with Crippen LogP contribution in [-0.4, -0.2) is 46.1 Å². The van der Waals surface area contributed by atoms with E-state index in [1.165, 1.54) is 7.11 Å². The maximum absolute atomic E-state index is 12.4. The molecule has 0 saturated carbocycles. The number of methoxy groups -OCH3 is 1. The average molecular weight is 328 g/mol. The molecule has 1 saturated heterocycles. The predicted octanol–water partition coefficient (Wildman–Crippen LogP) is 1.68. The minimum Gasteiger partial charge on any atom is -0.469 e. The molecule has 3 heterocycles. The number of esters is 1. The molecule has 1 aromatic carbocycles. The second kappa shape index (κ2) is 5.34. The molecule has 6 heteroatoms. The van der Waals surface area contributed by atoms with Crippen LogP contribution in [0.5, 0.6) is 0 Å². The lowest BCUT2D eigenvalue weighted by molar-refractivity contribution is -0.165. The molecule has 0 bridgehead atoms. The number of nitrogens with zero attached hydrogens (tertiary/aromatic N) is 1. The van der Waals surface area contributed by atoms with Gasteiger partial charge in [0.1, 0.15) is 11.6 Å². The van der Waals surface area contributed by atoms with Gasteiger partial charge in [0.15, 0.2) is 0 Å². The molecule has 1 aromatic heterocycles. The van der Waals surface area contributed by atoms with E-state index in [0.717, 1.165) is 28.6 Å². The van der Waals surface area contributed by atoms with Crippen LogP contribution in [-0.2, 0) is 20.7 Å². The van der Waals surface area contributed by atoms with Gasteiger partial charge in [-0.25, -0.2) is 0 Å². The minimum atomic E-state index is -1.31. The number of amides is 1. The molecule has 1 fully saturated rings. The number of hydrogen-bond acceptors (Lipinski definition) is 4. The van der Waals surface area contributed by atoms with Gasteiger partial charge in [-0.15, -0.1) is 0 Å². The number of hydrogen-bond donors (Lipinski definition) is 2. The van der Waals surface area contributed by atoms with Gasteiger partial charge in [-0.2, -0.15) is 0 Å². The van der Waals surface area contributed by atoms with Crippen LogP contribution in [0.15, 0.2) is 24.3 Å². The summed E-state index contributed by atoms with van der Waals surface area (Å²) in [6.45, 7) is 0.557. The number of ether oxygens (including phenoxy) is 1. The molecule has 2 N–H and O–H groups in total. The number of aromatic amines is 1. The van der Waals surface area contributed by atoms with Crippen molar-refractivity contribution >= 4 is 22.8 Å². The second-order valence-electron chi connectivity index (χ2n) is 6.66. The summed E-state index contributed by atoms with van der Waals surface area (Å²) in [5.41, 5.74) is 1.66. The first kappa shape index (κ1) is 15.2. The molecule has 6 nitrogen and oxygen atoms in total. The SMILES string of the molecule is COC(=O)C[C@]1(O)CCC(=O)N2CCc3c([nH]c4ccccc34)[C@@H]21. The molecule has 1 amide bonds. The van der Waals surface area contributed by atoms with Crippen molar-refractivity contribution < 1.29 is 19.4 Å². The third-order valence-electron chi connectivity index (χ3n) is 5.31. The Labute approximate surface area is 139 Å². The zero-order valence-corrected chi connectivity index (χ0v) is 13.5. The average Bonchev–Trinajstić information content (AvgIpc) is 2.96. The summed E-state index contributed by atoms with van der Waals surface area (Å²) < 4.78 is 4.76. The molecule has 0 aliphatic carbocycles. The van der Waals surface area contributed by atoms with E-state index in [2.05, 4.69) is 4.98 Å². The number of H-pyrrole nitrogens is 1. The van der Waals surface area contributed by atoms with Gasteiger partial charge in [0.05, 0.1) is 13.5 Å². The lowest BCUT2D eigenvalue weighted by Gasteiger charge is -2.48. The topological polar surface area (TPSA) is 82.6 Å². The van der Waals surface area contributed by atoms with Crippen LogP contribution in [0.3, 0.4) is 0 Å². The van der Waals surface area contributed by atoms with E-state index in [1.807, 2.05) is 24.3 Å². The summed E-state index contributed by atoms with van der Waals surface area (Å²) in [5, 5.41) is 12.4. The highest BCUT2D eigenvalue weighted by Crippen LogP contribution is 2.46. The summed E-state index contributed by atoms with van der Waals surface area (Å²) in [5.74, 6) is -0.436. The molecule has 2 atom stereocenters. The van der Waals surface area contributed by atoms with Gasteiger partial charge in [-0.3, -0.25) is 9.59 Å². The standard InChI is InChI=1S/C18H20N2O4/c1-24-15(22)10-18(23)8-6-14(21)20-9-7-12-11-4-2-3-5-13(11)19-16(12)17(18)20/h2-5,17,19,23H,6-10H2,1H3/t17-,18-/m1/s1. The Morgan fingerprint density at radius 3 is 3.00 bits per heavy atom. The first-order valence-corrected chi connectivity index (χ1v) is 8.21. The van der Waals surface area contributed by atoms with Crippen molar-refractivity contribution in [3.63, 3.8) is 0 Å². The molecule has 4 rings (SSSR count). The summed E-state index contributed by atoms with van der Waals surface area (Å²) in [6.07, 6.45) is 1.14. The fraction of sp³-hybridized carbons (Fsp3) is 0.444. The Bertz CT molecular complexity index is 828. The highest BCUT2D eigenvalue weighted by atomic mass is 16.5. The number of carbonyl (C=O) groups is 2. The Morgan fingerprint density at radius 1 is 1.42 bits per heavy atom. The third kappa shape index (κ3) is 2.13. The smallest absolute Gasteiger partial charge is 0.308 e. The quantitative estimate of drug-likeness (QED) is 0.822. The number of rotatable bonds is 2. The molecular weight excluding hydrogens is 308 g/mol. The van der Waals surface area contributed by atoms with Gasteiger partial charge in [0.2, 0.25) is 5.91 Å². The van der Waals surface area contributed by atoms with Crippen molar-refractivity contribution in [3.05, 3.63) is 35.5 Å². The van der Waals surface area contributed by atoms with Crippen LogP contribution in [0.1, 0.15) is 36.6 Å². The number of benzene rings is 1. The summed E-state index contributed by atoms with van der Waals surface area (Å²) in [4.78, 5) is 29.3. The normalized spacial score (nSPS) is 26.2. The Kier molecular flexibility index (Phi) is 3.38. The maximum Gasteiger partial charge on any atom is 0.308 e. The van der Waals surface area contributed by atoms with Gasteiger partial charge in [-0.05, 0) is 24.5 Å². The highest BCUT2D eigenvalue weighted by molar-refractivity contribution is 5.87. The molecule has 2 aromatic rings. The molecule has 0 spiro atoms. The zero-order valence-electron chi connectivity index (χ0n) is 13.5. The number of aromatic nitrogens is 1. The number of para-hydroxylation sites is 1. The van der Waals surface area contributed by atoms with E-state index in [4.69, 9.17) is 4.74 Å². The van der Waals surface area contributed by atoms with Crippen LogP contribution >= 0.6 is 0 Å². The van der Waals surface area contributed by atoms with Crippen LogP contribution in [0.25, 0.3) is 10.9 Å². The monoisotopic (exact) mass is 328 g/mol. The number of piperidine rings is 1. The van der Waals surface area contributed by atoms with Crippen LogP contribution in [0, 0.1) is 0 Å². The Morgan fingerprint density at radius 2 is 2.21 bits per heavy atom. The molecule has 2 aliphatic heterocycles. The first-order valence-electron chi connectivity index (χ1n) is 8.21. The summed E-state index contributed by atoms with van der Waals surface area (Å²) in [7, 11) is 1.31. The summed E-state index contributed by atoms with van der Waals surface area (Å²) in [6, 6.07) is 7.44. The van der Waals surface area contributed by atoms with E-state index in [0.29, 0.717) is 6.54 Å². The molecular formula is C18H20N2O4. The third-order valence-corrected chi connectivity index (χ3v) is 5.31. The van der Waals surface area contributed by atoms with Crippen molar-refractivity contribution in [2.75, 3.05) is 13.7 Å². The Hall–Kier alpha value is -2.34. The first-order chi connectivity index (χ1) is 11.5. The number of fused-ring (bicyclic) bond motifs is 5. The number of carbonyl (C=O) groups excluding carboxylic acids is 2. The molecule has 0 radical (unpaired) electrons. The van der Waals surface area contributed by atoms with E-state index in [1.54, 1.807) is 4.90 Å². The van der Waals surface area contributed by atoms with E-state index in [-0.39, 0.29) is 25.2 Å². The Balaban J connectivity index is 1.85. The van der Waals surface area contributed by atoms with Crippen LogP contribution < -0.4 is 0 Å². The molecule has 126 valence electrons. The predicted molar refractivity (Wildman–Crippen MR) is 87.3 cm³/mol. The van der Waals surface area contributed by atoms with Crippen molar-refractivity contribution in [1.82, 2.24) is 9.88 Å². The van der Waals surface area contributed by atoms with Gasteiger partial charge in [-0.1, -0.05) is 18.2 Å². The largest absolute Gasteiger partial charge is 0.469 e. The van der Waals surface area contributed by atoms with Gasteiger partial charge in [0, 0.05) is 29.6 Å². The lowest BCUT2D eigenvalue weighted by Crippen LogP contribution is -2.56. The summed E-state index contributed by atoms with van der Waals surface area (Å²) >= 11 is 0. The lowest BCUT2D eigenvalue weighted by atomic mass is 9.76. The zero-order chi connectivity index (χ0) is 16.9. The van der Waals surface area contributed by atoms with Crippen molar-refractivity contribution in [1.29, 1.82) is 0 Å². The van der Waals surface area contributed by atoms with Crippen LogP contribution in [0.4, 0.5) is 0 Å². The van der Waals surface area contributed by atoms with Crippen LogP contribution in [0.2, 0.25) is 0 Å². The van der Waals surface area contributed by atoms with E-state index >= 15 is 0 Å². The molecule has 2 aliphatic rings. The van der Waals surface area contributed by atoms with Crippen molar-refractivity contribution in [3.8, 4) is 0 Å². The van der Waals surface area contributed by atoms with E-state index < -0.39 is 17.6 Å². The van der Waals surface area contributed by atoms with Gasteiger partial charge < -0.3 is 19.7 Å². The van der Waals surface area contributed by atoms with Crippen molar-refractivity contribution in [2.24, 2.45) is 0 Å². The van der Waals surface area contributed by atoms with Gasteiger partial charge in [0.25, 0.3) is 0 Å². The molecule has 24 heavy (non-hydrogen) atoms.